The quantitative estimate of drug-likeness (QED) is 0.331. The van der Waals surface area contributed by atoms with Gasteiger partial charge in [0.15, 0.2) is 0 Å². The van der Waals surface area contributed by atoms with Crippen LogP contribution in [0.4, 0.5) is 5.69 Å². The van der Waals surface area contributed by atoms with Crippen LogP contribution in [0, 0.1) is 6.92 Å². The predicted octanol–water partition coefficient (Wildman–Crippen LogP) is 4.79. The third-order valence-electron chi connectivity index (χ3n) is 5.12. The van der Waals surface area contributed by atoms with E-state index >= 15 is 0 Å². The molecule has 1 aliphatic rings. The number of benzene rings is 2. The van der Waals surface area contributed by atoms with E-state index in [0.29, 0.717) is 27.2 Å². The average Bonchev–Trinajstić information content (AvgIpc) is 3.04. The molecule has 0 spiro atoms. The lowest BCUT2D eigenvalue weighted by atomic mass is 9.98. The van der Waals surface area contributed by atoms with Gasteiger partial charge >= 0.3 is 0 Å². The molecule has 1 unspecified atom stereocenters. The van der Waals surface area contributed by atoms with Crippen molar-refractivity contribution < 1.29 is 19.4 Å². The Hall–Kier alpha value is -3.45. The lowest BCUT2D eigenvalue weighted by Crippen LogP contribution is -2.29. The van der Waals surface area contributed by atoms with Crippen LogP contribution in [0.3, 0.4) is 0 Å². The highest BCUT2D eigenvalue weighted by Crippen LogP contribution is 2.42. The molecule has 7 heteroatoms. The molecule has 31 heavy (non-hydrogen) atoms. The lowest BCUT2D eigenvalue weighted by molar-refractivity contribution is -0.132. The SMILES string of the molecule is COc1ccc(/C(O)=C2/C(=O)C(=O)N(c3cccc(C)c3)C2c2ccccn2)cc1Br. The maximum Gasteiger partial charge on any atom is 0.300 e. The molecule has 0 bridgehead atoms. The van der Waals surface area contributed by atoms with Gasteiger partial charge in [0.2, 0.25) is 0 Å². The number of hydrogen-bond acceptors (Lipinski definition) is 5. The van der Waals surface area contributed by atoms with Crippen molar-refractivity contribution in [1.29, 1.82) is 0 Å². The molecule has 0 saturated carbocycles. The molecule has 2 aromatic carbocycles. The van der Waals surface area contributed by atoms with Crippen LogP contribution in [0.2, 0.25) is 0 Å². The first-order valence-electron chi connectivity index (χ1n) is 9.55. The molecule has 0 radical (unpaired) electrons. The van der Waals surface area contributed by atoms with Crippen molar-refractivity contribution in [1.82, 2.24) is 4.98 Å². The first-order chi connectivity index (χ1) is 14.9. The number of aryl methyl sites for hydroxylation is 1. The average molecular weight is 479 g/mol. The minimum atomic E-state index is -0.858. The van der Waals surface area contributed by atoms with Crippen LogP contribution < -0.4 is 9.64 Å². The molecule has 1 N–H and O–H groups in total. The van der Waals surface area contributed by atoms with Crippen LogP contribution in [0.25, 0.3) is 5.76 Å². The van der Waals surface area contributed by atoms with E-state index in [-0.39, 0.29) is 11.3 Å². The number of carbonyl (C=O) groups is 2. The highest BCUT2D eigenvalue weighted by molar-refractivity contribution is 9.10. The summed E-state index contributed by atoms with van der Waals surface area (Å²) >= 11 is 3.39. The smallest absolute Gasteiger partial charge is 0.300 e. The van der Waals surface area contributed by atoms with E-state index in [1.807, 2.05) is 25.1 Å². The fraction of sp³-hybridized carbons (Fsp3) is 0.125. The van der Waals surface area contributed by atoms with Gasteiger partial charge in [-0.2, -0.15) is 0 Å². The van der Waals surface area contributed by atoms with Crippen molar-refractivity contribution in [2.24, 2.45) is 0 Å². The molecular weight excluding hydrogens is 460 g/mol. The van der Waals surface area contributed by atoms with Crippen LogP contribution in [-0.2, 0) is 9.59 Å². The number of Topliss-reactive ketones (excluding diaryl/α,β-unsaturated/α-hetero) is 1. The topological polar surface area (TPSA) is 79.7 Å². The number of anilines is 1. The number of pyridine rings is 1. The zero-order valence-electron chi connectivity index (χ0n) is 16.9. The molecule has 1 aromatic heterocycles. The van der Waals surface area contributed by atoms with Gasteiger partial charge in [0.1, 0.15) is 17.6 Å². The summed E-state index contributed by atoms with van der Waals surface area (Å²) in [5.74, 6) is -1.16. The maximum atomic E-state index is 13.1. The summed E-state index contributed by atoms with van der Waals surface area (Å²) in [6, 6.07) is 16.7. The summed E-state index contributed by atoms with van der Waals surface area (Å²) in [4.78, 5) is 32.0. The normalized spacial score (nSPS) is 17.8. The Morgan fingerprint density at radius 2 is 1.90 bits per heavy atom. The van der Waals surface area contributed by atoms with Gasteiger partial charge < -0.3 is 9.84 Å². The van der Waals surface area contributed by atoms with Gasteiger partial charge in [-0.15, -0.1) is 0 Å². The molecular formula is C24H19BrN2O4. The summed E-state index contributed by atoms with van der Waals surface area (Å²) in [6.45, 7) is 1.91. The third kappa shape index (κ3) is 3.72. The number of halogens is 1. The molecule has 1 amide bonds. The molecule has 2 heterocycles. The van der Waals surface area contributed by atoms with Gasteiger partial charge in [0, 0.05) is 17.4 Å². The highest BCUT2D eigenvalue weighted by atomic mass is 79.9. The highest BCUT2D eigenvalue weighted by Gasteiger charge is 2.47. The van der Waals surface area contributed by atoms with Gasteiger partial charge in [-0.25, -0.2) is 0 Å². The number of aromatic nitrogens is 1. The number of hydrogen-bond donors (Lipinski definition) is 1. The monoisotopic (exact) mass is 478 g/mol. The minimum absolute atomic E-state index is 0.0118. The summed E-state index contributed by atoms with van der Waals surface area (Å²) in [7, 11) is 1.54. The van der Waals surface area contributed by atoms with Crippen LogP contribution in [0.5, 0.6) is 5.75 Å². The second-order valence-corrected chi connectivity index (χ2v) is 7.97. The number of ether oxygens (including phenoxy) is 1. The number of amides is 1. The van der Waals surface area contributed by atoms with Crippen molar-refractivity contribution in [3.8, 4) is 5.75 Å². The zero-order chi connectivity index (χ0) is 22.1. The molecule has 1 aliphatic heterocycles. The van der Waals surface area contributed by atoms with E-state index in [9.17, 15) is 14.7 Å². The van der Waals surface area contributed by atoms with Crippen LogP contribution >= 0.6 is 15.9 Å². The van der Waals surface area contributed by atoms with E-state index in [1.54, 1.807) is 48.7 Å². The van der Waals surface area contributed by atoms with Gasteiger partial charge in [-0.3, -0.25) is 19.5 Å². The van der Waals surface area contributed by atoms with E-state index in [2.05, 4.69) is 20.9 Å². The molecule has 1 saturated heterocycles. The molecule has 1 fully saturated rings. The minimum Gasteiger partial charge on any atom is -0.507 e. The second-order valence-electron chi connectivity index (χ2n) is 7.11. The fourth-order valence-electron chi connectivity index (χ4n) is 3.66. The number of methoxy groups -OCH3 is 1. The second kappa shape index (κ2) is 8.35. The van der Waals surface area contributed by atoms with Gasteiger partial charge in [0.05, 0.1) is 22.8 Å². The molecule has 1 atom stereocenters. The standard InChI is InChI=1S/C24H19BrN2O4/c1-14-6-5-7-16(12-14)27-21(18-8-3-4-11-26-18)20(23(29)24(27)30)22(28)15-9-10-19(31-2)17(25)13-15/h3-13,21,28H,1-2H3/b22-20-. The molecule has 3 aromatic rings. The van der Waals surface area contributed by atoms with Gasteiger partial charge in [0.25, 0.3) is 11.7 Å². The van der Waals surface area contributed by atoms with Crippen molar-refractivity contribution in [2.75, 3.05) is 12.0 Å². The lowest BCUT2D eigenvalue weighted by Gasteiger charge is -2.24. The summed E-state index contributed by atoms with van der Waals surface area (Å²) in [5.41, 5.74) is 2.36. The number of ketones is 1. The number of rotatable bonds is 4. The summed E-state index contributed by atoms with van der Waals surface area (Å²) < 4.78 is 5.85. The Balaban J connectivity index is 1.93. The number of carbonyl (C=O) groups excluding carboxylic acids is 2. The van der Waals surface area contributed by atoms with E-state index in [0.717, 1.165) is 5.56 Å². The predicted molar refractivity (Wildman–Crippen MR) is 121 cm³/mol. The van der Waals surface area contributed by atoms with Crippen molar-refractivity contribution >= 4 is 39.1 Å². The molecule has 156 valence electrons. The Morgan fingerprint density at radius 3 is 2.55 bits per heavy atom. The van der Waals surface area contributed by atoms with Crippen molar-refractivity contribution in [3.63, 3.8) is 0 Å². The number of aliphatic hydroxyl groups is 1. The maximum absolute atomic E-state index is 13.1. The molecule has 6 nitrogen and oxygen atoms in total. The van der Waals surface area contributed by atoms with Crippen molar-refractivity contribution in [2.45, 2.75) is 13.0 Å². The summed E-state index contributed by atoms with van der Waals surface area (Å²) in [5, 5.41) is 11.1. The molecule has 0 aliphatic carbocycles. The van der Waals surface area contributed by atoms with Crippen LogP contribution in [0.1, 0.15) is 22.9 Å². The Labute approximate surface area is 187 Å². The van der Waals surface area contributed by atoms with E-state index in [1.165, 1.54) is 12.0 Å². The Bertz CT molecular complexity index is 1210. The summed E-state index contributed by atoms with van der Waals surface area (Å²) in [6.07, 6.45) is 1.59. The number of nitrogens with zero attached hydrogens (tertiary/aromatic N) is 2. The van der Waals surface area contributed by atoms with Crippen molar-refractivity contribution in [3.05, 3.63) is 93.7 Å². The first kappa shape index (κ1) is 20.8. The van der Waals surface area contributed by atoms with Crippen LogP contribution in [-0.4, -0.2) is 28.9 Å². The molecule has 4 rings (SSSR count). The zero-order valence-corrected chi connectivity index (χ0v) is 18.5. The third-order valence-corrected chi connectivity index (χ3v) is 5.74. The van der Waals surface area contributed by atoms with Crippen LogP contribution in [0.15, 0.2) is 76.9 Å². The first-order valence-corrected chi connectivity index (χ1v) is 10.3. The largest absolute Gasteiger partial charge is 0.507 e. The number of aliphatic hydroxyl groups excluding tert-OH is 1. The van der Waals surface area contributed by atoms with Gasteiger partial charge in [-0.1, -0.05) is 18.2 Å². The fourth-order valence-corrected chi connectivity index (χ4v) is 4.20. The van der Waals surface area contributed by atoms with E-state index < -0.39 is 17.7 Å². The van der Waals surface area contributed by atoms with E-state index in [4.69, 9.17) is 4.74 Å². The van der Waals surface area contributed by atoms with Gasteiger partial charge in [-0.05, 0) is 70.9 Å². The Morgan fingerprint density at radius 1 is 1.10 bits per heavy atom. The Kier molecular flexibility index (Phi) is 5.61.